The van der Waals surface area contributed by atoms with Crippen LogP contribution in [0.5, 0.6) is 0 Å². The van der Waals surface area contributed by atoms with Gasteiger partial charge in [0.05, 0.1) is 0 Å². The molecule has 2 aromatic carbocycles. The van der Waals surface area contributed by atoms with Crippen molar-refractivity contribution in [3.05, 3.63) is 59.7 Å². The highest BCUT2D eigenvalue weighted by Gasteiger charge is 2.15. The lowest BCUT2D eigenvalue weighted by Crippen LogP contribution is -2.33. The molecule has 2 aromatic rings. The Kier molecular flexibility index (Phi) is 6.51. The van der Waals surface area contributed by atoms with E-state index < -0.39 is 0 Å². The first-order valence-electron chi connectivity index (χ1n) is 9.61. The number of hydrogen-bond acceptors (Lipinski definition) is 2. The van der Waals surface area contributed by atoms with Gasteiger partial charge in [0.2, 0.25) is 0 Å². The Morgan fingerprint density at radius 3 is 2.62 bits per heavy atom. The van der Waals surface area contributed by atoms with Crippen LogP contribution in [0.2, 0.25) is 0 Å². The summed E-state index contributed by atoms with van der Waals surface area (Å²) in [5.41, 5.74) is 5.07. The smallest absolute Gasteiger partial charge is 0.173 e. The summed E-state index contributed by atoms with van der Waals surface area (Å²) in [6.07, 6.45) is 4.96. The van der Waals surface area contributed by atoms with E-state index in [2.05, 4.69) is 77.6 Å². The quantitative estimate of drug-likeness (QED) is 0.744. The zero-order valence-corrected chi connectivity index (χ0v) is 16.7. The van der Waals surface area contributed by atoms with E-state index in [9.17, 15) is 0 Å². The summed E-state index contributed by atoms with van der Waals surface area (Å²) in [5, 5.41) is 4.14. The summed E-state index contributed by atoms with van der Waals surface area (Å²) >= 11 is 5.64. The fourth-order valence-electron chi connectivity index (χ4n) is 3.50. The van der Waals surface area contributed by atoms with E-state index >= 15 is 0 Å². The standard InChI is InChI=1S/C22H29N3S/c1-3-18-10-9-12-20(16-18)23-22(26)24(2)17-19-11-5-6-13-21(19)25-14-7-4-8-15-25/h5-6,9-13,16H,3-4,7-8,14-15,17H2,1-2H3,(H,23,26). The van der Waals surface area contributed by atoms with E-state index in [-0.39, 0.29) is 0 Å². The number of hydrogen-bond donors (Lipinski definition) is 1. The first kappa shape index (κ1) is 18.7. The molecule has 0 unspecified atom stereocenters. The van der Waals surface area contributed by atoms with E-state index in [0.717, 1.165) is 36.9 Å². The third-order valence-electron chi connectivity index (χ3n) is 5.03. The summed E-state index contributed by atoms with van der Waals surface area (Å²) in [6.45, 7) is 5.30. The molecule has 4 heteroatoms. The highest BCUT2D eigenvalue weighted by atomic mass is 32.1. The van der Waals surface area contributed by atoms with Crippen LogP contribution in [0.25, 0.3) is 0 Å². The first-order chi connectivity index (χ1) is 12.7. The molecule has 0 aliphatic carbocycles. The summed E-state index contributed by atoms with van der Waals surface area (Å²) in [5.74, 6) is 0. The van der Waals surface area contributed by atoms with Crippen LogP contribution >= 0.6 is 12.2 Å². The van der Waals surface area contributed by atoms with Crippen molar-refractivity contribution in [3.8, 4) is 0 Å². The Balaban J connectivity index is 1.67. The minimum atomic E-state index is 0.756. The number of thiocarbonyl (C=S) groups is 1. The molecule has 0 atom stereocenters. The van der Waals surface area contributed by atoms with Crippen LogP contribution in [0.3, 0.4) is 0 Å². The molecule has 1 heterocycles. The Labute approximate surface area is 163 Å². The molecule has 1 saturated heterocycles. The summed E-state index contributed by atoms with van der Waals surface area (Å²) in [4.78, 5) is 4.64. The Morgan fingerprint density at radius 1 is 1.08 bits per heavy atom. The number of benzene rings is 2. The van der Waals surface area contributed by atoms with Gasteiger partial charge in [-0.25, -0.2) is 0 Å². The van der Waals surface area contributed by atoms with Crippen LogP contribution in [0, 0.1) is 0 Å². The summed E-state index contributed by atoms with van der Waals surface area (Å²) < 4.78 is 0. The number of anilines is 2. The van der Waals surface area contributed by atoms with Crippen molar-refractivity contribution in [2.24, 2.45) is 0 Å². The molecule has 138 valence electrons. The molecule has 0 radical (unpaired) electrons. The normalized spacial score (nSPS) is 14.2. The van der Waals surface area contributed by atoms with E-state index in [1.807, 2.05) is 0 Å². The van der Waals surface area contributed by atoms with Gasteiger partial charge in [-0.05, 0) is 67.2 Å². The molecule has 0 amide bonds. The SMILES string of the molecule is CCc1cccc(NC(=S)N(C)Cc2ccccc2N2CCCCC2)c1. The minimum absolute atomic E-state index is 0.756. The molecule has 0 aromatic heterocycles. The molecular formula is C22H29N3S. The lowest BCUT2D eigenvalue weighted by Gasteiger charge is -2.32. The summed E-state index contributed by atoms with van der Waals surface area (Å²) in [6, 6.07) is 17.2. The van der Waals surface area contributed by atoms with E-state index in [1.165, 1.54) is 36.1 Å². The van der Waals surface area contributed by atoms with E-state index in [4.69, 9.17) is 12.2 Å². The average molecular weight is 368 g/mol. The van der Waals surface area contributed by atoms with Crippen molar-refractivity contribution in [1.29, 1.82) is 0 Å². The van der Waals surface area contributed by atoms with Crippen molar-refractivity contribution < 1.29 is 0 Å². The monoisotopic (exact) mass is 367 g/mol. The van der Waals surface area contributed by atoms with Gasteiger partial charge in [-0.1, -0.05) is 37.3 Å². The molecule has 3 nitrogen and oxygen atoms in total. The maximum absolute atomic E-state index is 5.64. The topological polar surface area (TPSA) is 18.5 Å². The van der Waals surface area contributed by atoms with E-state index in [0.29, 0.717) is 0 Å². The van der Waals surface area contributed by atoms with Crippen LogP contribution < -0.4 is 10.2 Å². The molecule has 1 aliphatic rings. The largest absolute Gasteiger partial charge is 0.371 e. The van der Waals surface area contributed by atoms with Crippen molar-refractivity contribution in [2.75, 3.05) is 30.4 Å². The summed E-state index contributed by atoms with van der Waals surface area (Å²) in [7, 11) is 2.06. The third kappa shape index (κ3) is 4.76. The van der Waals surface area contributed by atoms with Gasteiger partial charge in [0.1, 0.15) is 0 Å². The molecule has 1 aliphatic heterocycles. The lowest BCUT2D eigenvalue weighted by molar-refractivity contribution is 0.505. The molecule has 0 bridgehead atoms. The molecule has 1 N–H and O–H groups in total. The van der Waals surface area contributed by atoms with Crippen LogP contribution in [-0.4, -0.2) is 30.1 Å². The fraction of sp³-hybridized carbons (Fsp3) is 0.409. The van der Waals surface area contributed by atoms with Gasteiger partial charge >= 0.3 is 0 Å². The predicted molar refractivity (Wildman–Crippen MR) is 116 cm³/mol. The molecular weight excluding hydrogens is 338 g/mol. The van der Waals surface area contributed by atoms with Crippen LogP contribution in [0.4, 0.5) is 11.4 Å². The predicted octanol–water partition coefficient (Wildman–Crippen LogP) is 5.07. The number of rotatable bonds is 5. The number of para-hydroxylation sites is 1. The maximum Gasteiger partial charge on any atom is 0.173 e. The van der Waals surface area contributed by atoms with Gasteiger partial charge < -0.3 is 15.1 Å². The zero-order chi connectivity index (χ0) is 18.4. The average Bonchev–Trinajstić information content (AvgIpc) is 2.69. The maximum atomic E-state index is 5.64. The van der Waals surface area contributed by atoms with Gasteiger partial charge in [0.15, 0.2) is 5.11 Å². The number of piperidine rings is 1. The van der Waals surface area contributed by atoms with Crippen molar-refractivity contribution in [2.45, 2.75) is 39.2 Å². The van der Waals surface area contributed by atoms with Crippen LogP contribution in [-0.2, 0) is 13.0 Å². The number of nitrogens with one attached hydrogen (secondary N) is 1. The van der Waals surface area contributed by atoms with Gasteiger partial charge in [0.25, 0.3) is 0 Å². The third-order valence-corrected chi connectivity index (χ3v) is 5.44. The Hall–Kier alpha value is -2.07. The molecule has 1 fully saturated rings. The Bertz CT molecular complexity index is 738. The fourth-order valence-corrected chi connectivity index (χ4v) is 3.69. The molecule has 3 rings (SSSR count). The van der Waals surface area contributed by atoms with Gasteiger partial charge in [-0.15, -0.1) is 0 Å². The van der Waals surface area contributed by atoms with Gasteiger partial charge in [-0.3, -0.25) is 0 Å². The van der Waals surface area contributed by atoms with Crippen LogP contribution in [0.1, 0.15) is 37.3 Å². The van der Waals surface area contributed by atoms with Gasteiger partial charge in [-0.2, -0.15) is 0 Å². The zero-order valence-electron chi connectivity index (χ0n) is 15.9. The molecule has 0 spiro atoms. The molecule has 26 heavy (non-hydrogen) atoms. The first-order valence-corrected chi connectivity index (χ1v) is 10.0. The highest BCUT2D eigenvalue weighted by molar-refractivity contribution is 7.80. The lowest BCUT2D eigenvalue weighted by atomic mass is 10.1. The molecule has 0 saturated carbocycles. The van der Waals surface area contributed by atoms with Crippen molar-refractivity contribution in [3.63, 3.8) is 0 Å². The number of nitrogens with zero attached hydrogens (tertiary/aromatic N) is 2. The second-order valence-electron chi connectivity index (χ2n) is 7.02. The van der Waals surface area contributed by atoms with Gasteiger partial charge in [0, 0.05) is 38.1 Å². The highest BCUT2D eigenvalue weighted by Crippen LogP contribution is 2.25. The minimum Gasteiger partial charge on any atom is -0.371 e. The van der Waals surface area contributed by atoms with Crippen LogP contribution in [0.15, 0.2) is 48.5 Å². The second kappa shape index (κ2) is 9.04. The second-order valence-corrected chi connectivity index (χ2v) is 7.40. The Morgan fingerprint density at radius 2 is 1.85 bits per heavy atom. The van der Waals surface area contributed by atoms with E-state index in [1.54, 1.807) is 0 Å². The van der Waals surface area contributed by atoms with Crippen molar-refractivity contribution >= 4 is 28.7 Å². The van der Waals surface area contributed by atoms with Crippen molar-refractivity contribution in [1.82, 2.24) is 4.90 Å². The number of aryl methyl sites for hydroxylation is 1.